The molecule has 3 aromatic rings. The van der Waals surface area contributed by atoms with Gasteiger partial charge in [-0.2, -0.15) is 0 Å². The van der Waals surface area contributed by atoms with Crippen LogP contribution in [0, 0.1) is 6.92 Å². The Morgan fingerprint density at radius 1 is 1.26 bits per heavy atom. The molecule has 2 heterocycles. The summed E-state index contributed by atoms with van der Waals surface area (Å²) in [6, 6.07) is 10.5. The first-order valence-electron chi connectivity index (χ1n) is 6.35. The molecule has 2 aromatic heterocycles. The van der Waals surface area contributed by atoms with Crippen LogP contribution in [0.1, 0.15) is 11.1 Å². The minimum atomic E-state index is 0.552. The van der Waals surface area contributed by atoms with Crippen LogP contribution in [0.15, 0.2) is 42.7 Å². The fourth-order valence-electron chi connectivity index (χ4n) is 2.34. The summed E-state index contributed by atoms with van der Waals surface area (Å²) in [4.78, 5) is 8.39. The smallest absolute Gasteiger partial charge is 0.201 e. The van der Waals surface area contributed by atoms with Gasteiger partial charge in [-0.25, -0.2) is 4.98 Å². The third-order valence-corrected chi connectivity index (χ3v) is 3.29. The minimum absolute atomic E-state index is 0.552. The van der Waals surface area contributed by atoms with Crippen molar-refractivity contribution in [2.24, 2.45) is 0 Å². The summed E-state index contributed by atoms with van der Waals surface area (Å²) in [5, 5.41) is 0. The lowest BCUT2D eigenvalue weighted by molar-refractivity contribution is 0.725. The Hall–Kier alpha value is -2.36. The van der Waals surface area contributed by atoms with Gasteiger partial charge in [0.2, 0.25) is 5.95 Å². The molecule has 1 aromatic carbocycles. The number of nitrogens with two attached hydrogens (primary N) is 1. The number of anilines is 1. The molecule has 4 nitrogen and oxygen atoms in total. The standard InChI is InChI=1S/C15H16N4/c1-11-3-2-4-12(9-11)6-8-19-14-5-7-17-10-13(14)18-15(19)16/h2-5,7,9-10H,6,8H2,1H3,(H2,16,18). The SMILES string of the molecule is Cc1cccc(CCn2c(N)nc3cnccc32)c1. The number of rotatable bonds is 3. The molecule has 0 aliphatic heterocycles. The Kier molecular flexibility index (Phi) is 2.91. The van der Waals surface area contributed by atoms with Crippen LogP contribution in [0.25, 0.3) is 11.0 Å². The highest BCUT2D eigenvalue weighted by Crippen LogP contribution is 2.17. The number of nitrogens with zero attached hydrogens (tertiary/aromatic N) is 3. The van der Waals surface area contributed by atoms with Crippen molar-refractivity contribution in [1.82, 2.24) is 14.5 Å². The molecule has 0 fully saturated rings. The van der Waals surface area contributed by atoms with E-state index in [4.69, 9.17) is 5.73 Å². The van der Waals surface area contributed by atoms with Crippen molar-refractivity contribution in [3.8, 4) is 0 Å². The molecular weight excluding hydrogens is 236 g/mol. The van der Waals surface area contributed by atoms with Gasteiger partial charge in [-0.15, -0.1) is 0 Å². The van der Waals surface area contributed by atoms with Gasteiger partial charge in [-0.05, 0) is 25.0 Å². The molecular formula is C15H16N4. The molecule has 0 amide bonds. The number of fused-ring (bicyclic) bond motifs is 1. The van der Waals surface area contributed by atoms with E-state index >= 15 is 0 Å². The van der Waals surface area contributed by atoms with Crippen LogP contribution in [-0.2, 0) is 13.0 Å². The maximum Gasteiger partial charge on any atom is 0.201 e. The number of aryl methyl sites for hydroxylation is 3. The molecule has 4 heteroatoms. The van der Waals surface area contributed by atoms with Gasteiger partial charge >= 0.3 is 0 Å². The van der Waals surface area contributed by atoms with Crippen LogP contribution >= 0.6 is 0 Å². The Labute approximate surface area is 111 Å². The number of imidazole rings is 1. The largest absolute Gasteiger partial charge is 0.369 e. The van der Waals surface area contributed by atoms with Crippen LogP contribution in [0.2, 0.25) is 0 Å². The van der Waals surface area contributed by atoms with Gasteiger partial charge < -0.3 is 10.3 Å². The molecule has 96 valence electrons. The van der Waals surface area contributed by atoms with Crippen molar-refractivity contribution in [2.45, 2.75) is 19.9 Å². The number of hydrogen-bond donors (Lipinski definition) is 1. The van der Waals surface area contributed by atoms with E-state index in [2.05, 4.69) is 41.2 Å². The molecule has 19 heavy (non-hydrogen) atoms. The molecule has 0 bridgehead atoms. The van der Waals surface area contributed by atoms with E-state index in [1.54, 1.807) is 12.4 Å². The minimum Gasteiger partial charge on any atom is -0.369 e. The number of hydrogen-bond acceptors (Lipinski definition) is 3. The number of benzene rings is 1. The maximum atomic E-state index is 5.97. The topological polar surface area (TPSA) is 56.7 Å². The fourth-order valence-corrected chi connectivity index (χ4v) is 2.34. The lowest BCUT2D eigenvalue weighted by Crippen LogP contribution is -2.05. The number of pyridine rings is 1. The molecule has 3 rings (SSSR count). The molecule has 0 spiro atoms. The second-order valence-corrected chi connectivity index (χ2v) is 4.73. The Bertz CT molecular complexity index is 715. The normalized spacial score (nSPS) is 11.0. The van der Waals surface area contributed by atoms with Crippen LogP contribution in [0.3, 0.4) is 0 Å². The van der Waals surface area contributed by atoms with Gasteiger partial charge in [0.25, 0.3) is 0 Å². The van der Waals surface area contributed by atoms with Crippen LogP contribution in [0.4, 0.5) is 5.95 Å². The van der Waals surface area contributed by atoms with E-state index < -0.39 is 0 Å². The zero-order valence-electron chi connectivity index (χ0n) is 10.9. The lowest BCUT2D eigenvalue weighted by Gasteiger charge is -2.07. The molecule has 0 atom stereocenters. The van der Waals surface area contributed by atoms with E-state index in [0.29, 0.717) is 5.95 Å². The summed E-state index contributed by atoms with van der Waals surface area (Å²) in [6.45, 7) is 2.94. The second kappa shape index (κ2) is 4.72. The predicted octanol–water partition coefficient (Wildman–Crippen LogP) is 2.56. The zero-order valence-corrected chi connectivity index (χ0v) is 10.9. The average molecular weight is 252 g/mol. The number of aromatic nitrogens is 3. The molecule has 2 N–H and O–H groups in total. The van der Waals surface area contributed by atoms with E-state index in [1.165, 1.54) is 11.1 Å². The monoisotopic (exact) mass is 252 g/mol. The van der Waals surface area contributed by atoms with Crippen LogP contribution in [0.5, 0.6) is 0 Å². The van der Waals surface area contributed by atoms with Gasteiger partial charge in [0.05, 0.1) is 11.7 Å². The van der Waals surface area contributed by atoms with Crippen LogP contribution < -0.4 is 5.73 Å². The van der Waals surface area contributed by atoms with Crippen molar-refractivity contribution in [3.63, 3.8) is 0 Å². The van der Waals surface area contributed by atoms with Crippen molar-refractivity contribution >= 4 is 17.0 Å². The summed E-state index contributed by atoms with van der Waals surface area (Å²) in [5.74, 6) is 0.552. The summed E-state index contributed by atoms with van der Waals surface area (Å²) < 4.78 is 2.04. The average Bonchev–Trinajstić information content (AvgIpc) is 2.72. The highest BCUT2D eigenvalue weighted by Gasteiger charge is 2.07. The van der Waals surface area contributed by atoms with Gasteiger partial charge in [0, 0.05) is 12.7 Å². The summed E-state index contributed by atoms with van der Waals surface area (Å²) in [6.07, 6.45) is 4.46. The molecule has 0 saturated heterocycles. The summed E-state index contributed by atoms with van der Waals surface area (Å²) in [7, 11) is 0. The first-order chi connectivity index (χ1) is 9.24. The quantitative estimate of drug-likeness (QED) is 0.779. The van der Waals surface area contributed by atoms with E-state index in [-0.39, 0.29) is 0 Å². The Morgan fingerprint density at radius 3 is 3.00 bits per heavy atom. The Morgan fingerprint density at radius 2 is 2.16 bits per heavy atom. The zero-order chi connectivity index (χ0) is 13.2. The van der Waals surface area contributed by atoms with Crippen molar-refractivity contribution in [2.75, 3.05) is 5.73 Å². The third-order valence-electron chi connectivity index (χ3n) is 3.29. The van der Waals surface area contributed by atoms with Crippen molar-refractivity contribution < 1.29 is 0 Å². The van der Waals surface area contributed by atoms with Crippen LogP contribution in [-0.4, -0.2) is 14.5 Å². The predicted molar refractivity (Wildman–Crippen MR) is 76.8 cm³/mol. The van der Waals surface area contributed by atoms with Gasteiger partial charge in [0.15, 0.2) is 0 Å². The highest BCUT2D eigenvalue weighted by molar-refractivity contribution is 5.77. The van der Waals surface area contributed by atoms with E-state index in [1.807, 2.05) is 10.6 Å². The molecule has 0 radical (unpaired) electrons. The van der Waals surface area contributed by atoms with Gasteiger partial charge in [0.1, 0.15) is 5.52 Å². The third kappa shape index (κ3) is 2.29. The maximum absolute atomic E-state index is 5.97. The second-order valence-electron chi connectivity index (χ2n) is 4.73. The van der Waals surface area contributed by atoms with Crippen molar-refractivity contribution in [3.05, 3.63) is 53.9 Å². The van der Waals surface area contributed by atoms with Crippen molar-refractivity contribution in [1.29, 1.82) is 0 Å². The highest BCUT2D eigenvalue weighted by atomic mass is 15.2. The lowest BCUT2D eigenvalue weighted by atomic mass is 10.1. The number of nitrogen functional groups attached to an aromatic ring is 1. The van der Waals surface area contributed by atoms with Gasteiger partial charge in [-0.3, -0.25) is 4.98 Å². The summed E-state index contributed by atoms with van der Waals surface area (Å²) in [5.41, 5.74) is 10.5. The molecule has 0 saturated carbocycles. The molecule has 0 unspecified atom stereocenters. The first-order valence-corrected chi connectivity index (χ1v) is 6.35. The molecule has 0 aliphatic rings. The molecule has 0 aliphatic carbocycles. The van der Waals surface area contributed by atoms with E-state index in [9.17, 15) is 0 Å². The first kappa shape index (κ1) is 11.7. The van der Waals surface area contributed by atoms with Gasteiger partial charge in [-0.1, -0.05) is 29.8 Å². The van der Waals surface area contributed by atoms with E-state index in [0.717, 1.165) is 24.0 Å². The fraction of sp³-hybridized carbons (Fsp3) is 0.200. The summed E-state index contributed by atoms with van der Waals surface area (Å²) >= 11 is 0. The Balaban J connectivity index is 1.87.